The highest BCUT2D eigenvalue weighted by atomic mass is 16.2. The number of amides is 1. The van der Waals surface area contributed by atoms with Crippen molar-refractivity contribution in [2.45, 2.75) is 13.5 Å². The molecule has 2 aromatic carbocycles. The Labute approximate surface area is 156 Å². The Kier molecular flexibility index (Phi) is 4.49. The summed E-state index contributed by atoms with van der Waals surface area (Å²) < 4.78 is 3.62. The molecule has 0 radical (unpaired) electrons. The second-order valence-corrected chi connectivity index (χ2v) is 6.14. The van der Waals surface area contributed by atoms with Gasteiger partial charge in [-0.05, 0) is 36.8 Å². The summed E-state index contributed by atoms with van der Waals surface area (Å²) >= 11 is 0. The van der Waals surface area contributed by atoms with Crippen LogP contribution in [0.2, 0.25) is 0 Å². The van der Waals surface area contributed by atoms with Crippen LogP contribution in [0, 0.1) is 6.92 Å². The lowest BCUT2D eigenvalue weighted by Crippen LogP contribution is -2.14. The summed E-state index contributed by atoms with van der Waals surface area (Å²) in [6.45, 7) is 2.42. The molecule has 0 saturated carbocycles. The van der Waals surface area contributed by atoms with Crippen LogP contribution in [-0.2, 0) is 6.54 Å². The molecule has 0 bridgehead atoms. The maximum Gasteiger partial charge on any atom is 0.278 e. The first-order valence-corrected chi connectivity index (χ1v) is 8.54. The van der Waals surface area contributed by atoms with E-state index in [2.05, 4.69) is 20.6 Å². The number of nitrogens with one attached hydrogen (secondary N) is 1. The van der Waals surface area contributed by atoms with Crippen LogP contribution >= 0.6 is 0 Å². The van der Waals surface area contributed by atoms with E-state index < -0.39 is 0 Å². The van der Waals surface area contributed by atoms with Gasteiger partial charge in [0.05, 0.1) is 18.6 Å². The summed E-state index contributed by atoms with van der Waals surface area (Å²) in [5.74, 6) is -0.276. The summed E-state index contributed by atoms with van der Waals surface area (Å²) in [7, 11) is 0. The zero-order valence-electron chi connectivity index (χ0n) is 14.8. The highest BCUT2D eigenvalue weighted by Crippen LogP contribution is 2.15. The van der Waals surface area contributed by atoms with E-state index in [0.717, 1.165) is 16.9 Å². The fraction of sp³-hybridized carbons (Fsp3) is 0.100. The van der Waals surface area contributed by atoms with E-state index in [1.165, 1.54) is 0 Å². The van der Waals surface area contributed by atoms with Crippen molar-refractivity contribution < 1.29 is 4.79 Å². The van der Waals surface area contributed by atoms with Gasteiger partial charge in [-0.25, -0.2) is 9.67 Å². The van der Waals surface area contributed by atoms with Crippen molar-refractivity contribution in [1.82, 2.24) is 24.5 Å². The van der Waals surface area contributed by atoms with Gasteiger partial charge in [-0.2, -0.15) is 0 Å². The topological polar surface area (TPSA) is 77.6 Å². The predicted octanol–water partition coefficient (Wildman–Crippen LogP) is 3.07. The quantitative estimate of drug-likeness (QED) is 0.595. The van der Waals surface area contributed by atoms with E-state index in [4.69, 9.17) is 0 Å². The average Bonchev–Trinajstić information content (AvgIpc) is 3.34. The first-order valence-electron chi connectivity index (χ1n) is 8.54. The Balaban J connectivity index is 1.47. The third kappa shape index (κ3) is 3.62. The minimum atomic E-state index is -0.276. The van der Waals surface area contributed by atoms with Crippen molar-refractivity contribution in [3.63, 3.8) is 0 Å². The van der Waals surface area contributed by atoms with Crippen LogP contribution in [0.3, 0.4) is 0 Å². The normalized spacial score (nSPS) is 10.7. The Bertz CT molecular complexity index is 1040. The molecule has 0 aliphatic heterocycles. The number of rotatable bonds is 5. The Hall–Kier alpha value is -3.74. The van der Waals surface area contributed by atoms with Gasteiger partial charge < -0.3 is 9.88 Å². The fourth-order valence-corrected chi connectivity index (χ4v) is 2.80. The van der Waals surface area contributed by atoms with Gasteiger partial charge in [-0.15, -0.1) is 5.10 Å². The van der Waals surface area contributed by atoms with Gasteiger partial charge in [0.25, 0.3) is 5.91 Å². The van der Waals surface area contributed by atoms with Crippen molar-refractivity contribution in [1.29, 1.82) is 0 Å². The third-order valence-corrected chi connectivity index (χ3v) is 4.30. The maximum atomic E-state index is 12.6. The van der Waals surface area contributed by atoms with Crippen molar-refractivity contribution in [3.8, 4) is 5.69 Å². The molecule has 1 N–H and O–H groups in total. The molecule has 0 unspecified atom stereocenters. The zero-order chi connectivity index (χ0) is 18.6. The van der Waals surface area contributed by atoms with E-state index >= 15 is 0 Å². The zero-order valence-corrected chi connectivity index (χ0v) is 14.8. The number of imidazole rings is 1. The molecule has 0 spiro atoms. The van der Waals surface area contributed by atoms with E-state index in [9.17, 15) is 4.79 Å². The van der Waals surface area contributed by atoms with Gasteiger partial charge in [-0.3, -0.25) is 4.79 Å². The van der Waals surface area contributed by atoms with Crippen LogP contribution in [0.25, 0.3) is 5.69 Å². The second kappa shape index (κ2) is 7.25. The molecule has 4 rings (SSSR count). The van der Waals surface area contributed by atoms with Crippen molar-refractivity contribution in [2.75, 3.05) is 5.32 Å². The van der Waals surface area contributed by atoms with Crippen molar-refractivity contribution >= 4 is 11.6 Å². The van der Waals surface area contributed by atoms with Crippen LogP contribution < -0.4 is 5.32 Å². The molecule has 0 saturated heterocycles. The lowest BCUT2D eigenvalue weighted by Gasteiger charge is -2.07. The van der Waals surface area contributed by atoms with Crippen molar-refractivity contribution in [3.05, 3.63) is 90.3 Å². The Morgan fingerprint density at radius 2 is 1.85 bits per heavy atom. The first-order chi connectivity index (χ1) is 13.2. The van der Waals surface area contributed by atoms with Gasteiger partial charge >= 0.3 is 0 Å². The average molecular weight is 358 g/mol. The number of carbonyl (C=O) groups is 1. The number of hydrogen-bond donors (Lipinski definition) is 1. The minimum absolute atomic E-state index is 0.276. The third-order valence-electron chi connectivity index (χ3n) is 4.30. The molecule has 0 aliphatic rings. The van der Waals surface area contributed by atoms with E-state index in [1.54, 1.807) is 17.2 Å². The summed E-state index contributed by atoms with van der Waals surface area (Å²) in [6.07, 6.45) is 5.31. The molecule has 0 fully saturated rings. The van der Waals surface area contributed by atoms with Gasteiger partial charge in [0.15, 0.2) is 5.69 Å². The van der Waals surface area contributed by atoms with Gasteiger partial charge in [0.1, 0.15) is 0 Å². The molecular weight excluding hydrogens is 340 g/mol. The standard InChI is InChI=1S/C20H18N6O/c1-15-19(23-24-26(15)13-16-5-3-2-4-6-16)20(27)22-17-7-9-18(10-8-17)25-12-11-21-14-25/h2-12,14H,13H2,1H3,(H,22,27). The maximum absolute atomic E-state index is 12.6. The number of benzene rings is 2. The Morgan fingerprint density at radius 3 is 2.56 bits per heavy atom. The van der Waals surface area contributed by atoms with Crippen LogP contribution in [0.1, 0.15) is 21.7 Å². The van der Waals surface area contributed by atoms with Gasteiger partial charge in [-0.1, -0.05) is 35.5 Å². The second-order valence-electron chi connectivity index (χ2n) is 6.14. The number of aromatic nitrogens is 5. The summed E-state index contributed by atoms with van der Waals surface area (Å²) in [6, 6.07) is 17.5. The summed E-state index contributed by atoms with van der Waals surface area (Å²) in [4.78, 5) is 16.6. The fourth-order valence-electron chi connectivity index (χ4n) is 2.80. The molecule has 0 aliphatic carbocycles. The molecule has 2 heterocycles. The number of carbonyl (C=O) groups excluding carboxylic acids is 1. The largest absolute Gasteiger partial charge is 0.321 e. The molecule has 134 valence electrons. The molecule has 0 atom stereocenters. The van der Waals surface area contributed by atoms with E-state index in [0.29, 0.717) is 17.9 Å². The predicted molar refractivity (Wildman–Crippen MR) is 102 cm³/mol. The lowest BCUT2D eigenvalue weighted by molar-refractivity contribution is 0.102. The Morgan fingerprint density at radius 1 is 1.07 bits per heavy atom. The van der Waals surface area contributed by atoms with Crippen LogP contribution in [0.4, 0.5) is 5.69 Å². The highest BCUT2D eigenvalue weighted by molar-refractivity contribution is 6.03. The van der Waals surface area contributed by atoms with Gasteiger partial charge in [0, 0.05) is 23.8 Å². The van der Waals surface area contributed by atoms with E-state index in [1.807, 2.05) is 72.3 Å². The number of nitrogens with zero attached hydrogens (tertiary/aromatic N) is 5. The lowest BCUT2D eigenvalue weighted by atomic mass is 10.2. The van der Waals surface area contributed by atoms with Crippen LogP contribution in [-0.4, -0.2) is 30.5 Å². The van der Waals surface area contributed by atoms with Gasteiger partial charge in [0.2, 0.25) is 0 Å². The van der Waals surface area contributed by atoms with Crippen molar-refractivity contribution in [2.24, 2.45) is 0 Å². The highest BCUT2D eigenvalue weighted by Gasteiger charge is 2.16. The van der Waals surface area contributed by atoms with E-state index in [-0.39, 0.29) is 5.91 Å². The molecule has 7 nitrogen and oxygen atoms in total. The van der Waals surface area contributed by atoms with Crippen LogP contribution in [0.15, 0.2) is 73.3 Å². The SMILES string of the molecule is Cc1c(C(=O)Nc2ccc(-n3ccnc3)cc2)nnn1Cc1ccccc1. The molecule has 1 amide bonds. The molecule has 4 aromatic rings. The molecule has 2 aromatic heterocycles. The number of anilines is 1. The first kappa shape index (κ1) is 16.7. The summed E-state index contributed by atoms with van der Waals surface area (Å²) in [5.41, 5.74) is 3.82. The summed E-state index contributed by atoms with van der Waals surface area (Å²) in [5, 5.41) is 11.0. The smallest absolute Gasteiger partial charge is 0.278 e. The van der Waals surface area contributed by atoms with Crippen LogP contribution in [0.5, 0.6) is 0 Å². The molecule has 7 heteroatoms. The molecule has 27 heavy (non-hydrogen) atoms. The number of hydrogen-bond acceptors (Lipinski definition) is 4. The minimum Gasteiger partial charge on any atom is -0.321 e. The monoisotopic (exact) mass is 358 g/mol. The molecular formula is C20H18N6O.